The molecule has 7 heteroatoms. The molecule has 0 unspecified atom stereocenters. The minimum Gasteiger partial charge on any atom is -0.356 e. The molecule has 0 saturated carbocycles. The average Bonchev–Trinajstić information content (AvgIpc) is 3.00. The first kappa shape index (κ1) is 16.1. The Labute approximate surface area is 140 Å². The number of pyridine rings is 1. The summed E-state index contributed by atoms with van der Waals surface area (Å²) in [4.78, 5) is 14.4. The molecule has 1 atom stereocenters. The monoisotopic (exact) mass is 335 g/mol. The first-order valence-corrected chi connectivity index (χ1v) is 8.60. The Morgan fingerprint density at radius 2 is 2.35 bits per heavy atom. The zero-order chi connectivity index (χ0) is 16.2. The summed E-state index contributed by atoms with van der Waals surface area (Å²) in [5.41, 5.74) is 0.652. The number of amides is 1. The smallest absolute Gasteiger partial charge is 0.231 e. The Balaban J connectivity index is 1.73. The summed E-state index contributed by atoms with van der Waals surface area (Å²) in [7, 11) is 0. The van der Waals surface area contributed by atoms with Crippen molar-refractivity contribution in [3.8, 4) is 0 Å². The second-order valence-electron chi connectivity index (χ2n) is 5.98. The third kappa shape index (κ3) is 3.42. The molecule has 0 aromatic carbocycles. The van der Waals surface area contributed by atoms with E-state index in [0.717, 1.165) is 44.7 Å². The molecule has 2 aromatic heterocycles. The van der Waals surface area contributed by atoms with Crippen molar-refractivity contribution in [3.05, 3.63) is 23.4 Å². The third-order valence-corrected chi connectivity index (χ3v) is 4.57. The highest BCUT2D eigenvalue weighted by Gasteiger charge is 2.28. The molecule has 1 N–H and O–H groups in total. The fourth-order valence-corrected chi connectivity index (χ4v) is 3.19. The van der Waals surface area contributed by atoms with E-state index in [1.54, 1.807) is 6.07 Å². The minimum atomic E-state index is 0.00661. The maximum absolute atomic E-state index is 12.3. The van der Waals surface area contributed by atoms with Crippen molar-refractivity contribution >= 4 is 29.1 Å². The number of rotatable bonds is 5. The number of hydrogen-bond acceptors (Lipinski definition) is 4. The molecule has 0 radical (unpaired) electrons. The van der Waals surface area contributed by atoms with E-state index < -0.39 is 0 Å². The molecule has 23 heavy (non-hydrogen) atoms. The van der Waals surface area contributed by atoms with Crippen LogP contribution in [-0.4, -0.2) is 40.1 Å². The number of piperidine rings is 1. The summed E-state index contributed by atoms with van der Waals surface area (Å²) in [6.45, 7) is 4.43. The van der Waals surface area contributed by atoms with Crippen molar-refractivity contribution in [1.82, 2.24) is 19.9 Å². The van der Waals surface area contributed by atoms with Gasteiger partial charge in [-0.3, -0.25) is 9.20 Å². The quantitative estimate of drug-likeness (QED) is 0.853. The van der Waals surface area contributed by atoms with Gasteiger partial charge in [-0.2, -0.15) is 0 Å². The van der Waals surface area contributed by atoms with Gasteiger partial charge >= 0.3 is 0 Å². The Morgan fingerprint density at radius 3 is 3.17 bits per heavy atom. The Bertz CT molecular complexity index is 686. The molecule has 0 bridgehead atoms. The van der Waals surface area contributed by atoms with Crippen LogP contribution in [0.25, 0.3) is 5.65 Å². The molecule has 0 spiro atoms. The molecule has 1 aliphatic rings. The highest BCUT2D eigenvalue weighted by atomic mass is 35.5. The second-order valence-corrected chi connectivity index (χ2v) is 6.39. The SMILES string of the molecule is CCCCNC(=O)[C@H]1CCCN(c2nnc3c(Cl)cccn23)C1. The van der Waals surface area contributed by atoms with Crippen LogP contribution in [0, 0.1) is 5.92 Å². The zero-order valence-corrected chi connectivity index (χ0v) is 14.1. The van der Waals surface area contributed by atoms with Gasteiger partial charge in [0, 0.05) is 25.8 Å². The second kappa shape index (κ2) is 7.17. The Morgan fingerprint density at radius 1 is 1.48 bits per heavy atom. The van der Waals surface area contributed by atoms with Gasteiger partial charge < -0.3 is 10.2 Å². The molecule has 3 heterocycles. The summed E-state index contributed by atoms with van der Waals surface area (Å²) >= 11 is 6.15. The number of carbonyl (C=O) groups is 1. The number of hydrogen-bond donors (Lipinski definition) is 1. The van der Waals surface area contributed by atoms with Gasteiger partial charge in [0.25, 0.3) is 0 Å². The minimum absolute atomic E-state index is 0.00661. The number of halogens is 1. The van der Waals surface area contributed by atoms with E-state index in [0.29, 0.717) is 17.2 Å². The van der Waals surface area contributed by atoms with Crippen LogP contribution < -0.4 is 10.2 Å². The molecule has 1 amide bonds. The van der Waals surface area contributed by atoms with Crippen LogP contribution in [-0.2, 0) is 4.79 Å². The molecular weight excluding hydrogens is 314 g/mol. The van der Waals surface area contributed by atoms with E-state index in [2.05, 4.69) is 27.3 Å². The van der Waals surface area contributed by atoms with Gasteiger partial charge in [-0.15, -0.1) is 10.2 Å². The van der Waals surface area contributed by atoms with Crippen molar-refractivity contribution in [2.24, 2.45) is 5.92 Å². The molecule has 124 valence electrons. The van der Waals surface area contributed by atoms with Gasteiger partial charge in [0.2, 0.25) is 11.9 Å². The highest BCUT2D eigenvalue weighted by molar-refractivity contribution is 6.33. The fourth-order valence-electron chi connectivity index (χ4n) is 2.99. The number of anilines is 1. The lowest BCUT2D eigenvalue weighted by Crippen LogP contribution is -2.44. The molecule has 6 nitrogen and oxygen atoms in total. The van der Waals surface area contributed by atoms with Crippen LogP contribution in [0.5, 0.6) is 0 Å². The van der Waals surface area contributed by atoms with Crippen molar-refractivity contribution in [3.63, 3.8) is 0 Å². The van der Waals surface area contributed by atoms with Crippen LogP contribution in [0.1, 0.15) is 32.6 Å². The first-order valence-electron chi connectivity index (χ1n) is 8.22. The number of fused-ring (bicyclic) bond motifs is 1. The van der Waals surface area contributed by atoms with Crippen LogP contribution >= 0.6 is 11.6 Å². The Kier molecular flexibility index (Phi) is 5.00. The van der Waals surface area contributed by atoms with Gasteiger partial charge in [0.05, 0.1) is 10.9 Å². The van der Waals surface area contributed by atoms with Crippen LogP contribution in [0.2, 0.25) is 5.02 Å². The lowest BCUT2D eigenvalue weighted by molar-refractivity contribution is -0.125. The van der Waals surface area contributed by atoms with E-state index in [4.69, 9.17) is 11.6 Å². The number of aromatic nitrogens is 3. The largest absolute Gasteiger partial charge is 0.356 e. The van der Waals surface area contributed by atoms with Crippen LogP contribution in [0.15, 0.2) is 18.3 Å². The van der Waals surface area contributed by atoms with Crippen molar-refractivity contribution in [2.75, 3.05) is 24.5 Å². The van der Waals surface area contributed by atoms with Gasteiger partial charge in [-0.25, -0.2) is 0 Å². The maximum atomic E-state index is 12.3. The number of carbonyl (C=O) groups excluding carboxylic acids is 1. The molecule has 1 fully saturated rings. The fraction of sp³-hybridized carbons (Fsp3) is 0.562. The van der Waals surface area contributed by atoms with Gasteiger partial charge in [0.1, 0.15) is 0 Å². The molecule has 1 saturated heterocycles. The van der Waals surface area contributed by atoms with Gasteiger partial charge in [0.15, 0.2) is 5.65 Å². The molecule has 1 aliphatic heterocycles. The van der Waals surface area contributed by atoms with Crippen LogP contribution in [0.3, 0.4) is 0 Å². The van der Waals surface area contributed by atoms with E-state index in [1.165, 1.54) is 0 Å². The predicted octanol–water partition coefficient (Wildman–Crippen LogP) is 2.52. The standard InChI is InChI=1S/C16H22ClN5O/c1-2-3-8-18-15(23)12-6-4-9-21(11-12)16-20-19-14-13(17)7-5-10-22(14)16/h5,7,10,12H,2-4,6,8-9,11H2,1H3,(H,18,23)/t12-/m0/s1. The summed E-state index contributed by atoms with van der Waals surface area (Å²) in [6, 6.07) is 3.68. The number of unbranched alkanes of at least 4 members (excludes halogenated alkanes) is 1. The third-order valence-electron chi connectivity index (χ3n) is 4.27. The summed E-state index contributed by atoms with van der Waals surface area (Å²) in [5.74, 6) is 0.913. The highest BCUT2D eigenvalue weighted by Crippen LogP contribution is 2.24. The summed E-state index contributed by atoms with van der Waals surface area (Å²) in [6.07, 6.45) is 5.91. The van der Waals surface area contributed by atoms with Crippen molar-refractivity contribution in [1.29, 1.82) is 0 Å². The Hall–Kier alpha value is -1.82. The van der Waals surface area contributed by atoms with Gasteiger partial charge in [-0.05, 0) is 31.4 Å². The molecule has 0 aliphatic carbocycles. The van der Waals surface area contributed by atoms with E-state index in [9.17, 15) is 4.79 Å². The summed E-state index contributed by atoms with van der Waals surface area (Å²) in [5, 5.41) is 12.1. The maximum Gasteiger partial charge on any atom is 0.231 e. The topological polar surface area (TPSA) is 62.5 Å². The number of nitrogens with zero attached hydrogens (tertiary/aromatic N) is 4. The zero-order valence-electron chi connectivity index (χ0n) is 13.3. The molecule has 2 aromatic rings. The van der Waals surface area contributed by atoms with E-state index in [1.807, 2.05) is 16.7 Å². The van der Waals surface area contributed by atoms with Crippen LogP contribution in [0.4, 0.5) is 5.95 Å². The molecule has 3 rings (SSSR count). The van der Waals surface area contributed by atoms with Crippen molar-refractivity contribution in [2.45, 2.75) is 32.6 Å². The molecular formula is C16H22ClN5O. The van der Waals surface area contributed by atoms with E-state index in [-0.39, 0.29) is 11.8 Å². The summed E-state index contributed by atoms with van der Waals surface area (Å²) < 4.78 is 1.89. The first-order chi connectivity index (χ1) is 11.2. The van der Waals surface area contributed by atoms with E-state index >= 15 is 0 Å². The van der Waals surface area contributed by atoms with Gasteiger partial charge in [-0.1, -0.05) is 24.9 Å². The normalized spacial score (nSPS) is 18.3. The lowest BCUT2D eigenvalue weighted by atomic mass is 9.97. The van der Waals surface area contributed by atoms with Crippen molar-refractivity contribution < 1.29 is 4.79 Å². The lowest BCUT2D eigenvalue weighted by Gasteiger charge is -2.32. The number of nitrogens with one attached hydrogen (secondary N) is 1. The predicted molar refractivity (Wildman–Crippen MR) is 90.9 cm³/mol. The average molecular weight is 336 g/mol.